The van der Waals surface area contributed by atoms with Gasteiger partial charge in [0.25, 0.3) is 5.91 Å². The molecular formula is C34H31ClF3NO4. The van der Waals surface area contributed by atoms with Gasteiger partial charge in [0, 0.05) is 36.2 Å². The second-order valence-corrected chi connectivity index (χ2v) is 11.0. The first-order chi connectivity index (χ1) is 20.3. The van der Waals surface area contributed by atoms with Crippen molar-refractivity contribution in [3.05, 3.63) is 130 Å². The number of ketones is 1. The Morgan fingerprint density at radius 3 is 1.88 bits per heavy atom. The maximum absolute atomic E-state index is 13.4. The highest BCUT2D eigenvalue weighted by molar-refractivity contribution is 6.30. The van der Waals surface area contributed by atoms with Crippen LogP contribution in [0.15, 0.2) is 103 Å². The van der Waals surface area contributed by atoms with Gasteiger partial charge in [0.1, 0.15) is 17.6 Å². The van der Waals surface area contributed by atoms with Gasteiger partial charge in [0.05, 0.1) is 5.56 Å². The van der Waals surface area contributed by atoms with Crippen LogP contribution >= 0.6 is 11.6 Å². The van der Waals surface area contributed by atoms with E-state index in [0.717, 1.165) is 17.7 Å². The molecule has 4 aromatic carbocycles. The lowest BCUT2D eigenvalue weighted by Gasteiger charge is -2.31. The highest BCUT2D eigenvalue weighted by Crippen LogP contribution is 2.32. The van der Waals surface area contributed by atoms with Crippen molar-refractivity contribution in [3.8, 4) is 11.5 Å². The SMILES string of the molecule is CN(CC[C@@H](Oc1ccc(C(F)(F)F)cc1)c1ccccc1)C(=O)C(C)(C)Oc1ccc(C(=O)c2ccc(Cl)cc2)cc1. The van der Waals surface area contributed by atoms with Crippen molar-refractivity contribution in [2.45, 2.75) is 38.1 Å². The van der Waals surface area contributed by atoms with Gasteiger partial charge in [-0.25, -0.2) is 0 Å². The molecule has 4 rings (SSSR count). The molecule has 1 amide bonds. The monoisotopic (exact) mass is 609 g/mol. The topological polar surface area (TPSA) is 55.8 Å². The first-order valence-corrected chi connectivity index (χ1v) is 13.9. The van der Waals surface area contributed by atoms with E-state index in [1.54, 1.807) is 69.4 Å². The molecule has 0 saturated carbocycles. The molecule has 5 nitrogen and oxygen atoms in total. The fourth-order valence-electron chi connectivity index (χ4n) is 4.50. The Morgan fingerprint density at radius 1 is 0.791 bits per heavy atom. The number of nitrogens with zero attached hydrogens (tertiary/aromatic N) is 1. The number of rotatable bonds is 11. The number of halogens is 4. The molecule has 9 heteroatoms. The van der Waals surface area contributed by atoms with Crippen LogP contribution in [0.4, 0.5) is 13.2 Å². The summed E-state index contributed by atoms with van der Waals surface area (Å²) in [7, 11) is 1.65. The summed E-state index contributed by atoms with van der Waals surface area (Å²) in [4.78, 5) is 27.7. The lowest BCUT2D eigenvalue weighted by molar-refractivity contribution is -0.144. The van der Waals surface area contributed by atoms with Crippen molar-refractivity contribution >= 4 is 23.3 Å². The minimum atomic E-state index is -4.44. The third kappa shape index (κ3) is 8.38. The first kappa shape index (κ1) is 31.6. The number of alkyl halides is 3. The number of hydrogen-bond donors (Lipinski definition) is 0. The fraction of sp³-hybridized carbons (Fsp3) is 0.235. The molecule has 4 aromatic rings. The largest absolute Gasteiger partial charge is 0.486 e. The molecule has 0 aliphatic rings. The molecule has 0 unspecified atom stereocenters. The van der Waals surface area contributed by atoms with Crippen molar-refractivity contribution in [1.29, 1.82) is 0 Å². The quantitative estimate of drug-likeness (QED) is 0.160. The van der Waals surface area contributed by atoms with E-state index in [0.29, 0.717) is 34.9 Å². The van der Waals surface area contributed by atoms with Crippen molar-refractivity contribution in [2.75, 3.05) is 13.6 Å². The van der Waals surface area contributed by atoms with Crippen LogP contribution in [0.1, 0.15) is 53.4 Å². The third-order valence-corrected chi connectivity index (χ3v) is 7.07. The molecule has 0 spiro atoms. The molecule has 1 atom stereocenters. The standard InChI is InChI=1S/C34H31ClF3NO4/c1-33(2,43-29-17-11-25(12-18-29)31(40)24-9-15-27(35)16-10-24)32(41)39(3)22-21-30(23-7-5-4-6-8-23)42-28-19-13-26(14-20-28)34(36,37)38/h4-20,30H,21-22H2,1-3H3/t30-/m1/s1. The second-order valence-electron chi connectivity index (χ2n) is 10.5. The van der Waals surface area contributed by atoms with Crippen molar-refractivity contribution < 1.29 is 32.2 Å². The summed E-state index contributed by atoms with van der Waals surface area (Å²) in [5.41, 5.74) is -0.187. The molecule has 0 radical (unpaired) electrons. The van der Waals surface area contributed by atoms with Gasteiger partial charge in [-0.3, -0.25) is 9.59 Å². The zero-order valence-corrected chi connectivity index (χ0v) is 24.7. The molecule has 43 heavy (non-hydrogen) atoms. The lowest BCUT2D eigenvalue weighted by atomic mass is 10.0. The summed E-state index contributed by atoms with van der Waals surface area (Å²) in [6, 6.07) is 27.0. The molecule has 0 saturated heterocycles. The number of carbonyl (C=O) groups excluding carboxylic acids is 2. The molecule has 0 N–H and O–H groups in total. The molecule has 0 aliphatic heterocycles. The van der Waals surface area contributed by atoms with E-state index in [9.17, 15) is 22.8 Å². The van der Waals surface area contributed by atoms with E-state index in [4.69, 9.17) is 21.1 Å². The van der Waals surface area contributed by atoms with E-state index < -0.39 is 23.4 Å². The summed E-state index contributed by atoms with van der Waals surface area (Å²) in [6.45, 7) is 3.61. The van der Waals surface area contributed by atoms with Gasteiger partial charge in [0.2, 0.25) is 0 Å². The molecule has 0 aromatic heterocycles. The number of benzene rings is 4. The minimum Gasteiger partial charge on any atom is -0.486 e. The first-order valence-electron chi connectivity index (χ1n) is 13.6. The van der Waals surface area contributed by atoms with Crippen LogP contribution in [-0.2, 0) is 11.0 Å². The lowest BCUT2D eigenvalue weighted by Crippen LogP contribution is -2.47. The van der Waals surface area contributed by atoms with E-state index in [1.165, 1.54) is 17.0 Å². The maximum Gasteiger partial charge on any atom is 0.416 e. The van der Waals surface area contributed by atoms with E-state index in [1.807, 2.05) is 30.3 Å². The Labute approximate surface area is 253 Å². The normalized spacial score (nSPS) is 12.3. The fourth-order valence-corrected chi connectivity index (χ4v) is 4.63. The smallest absolute Gasteiger partial charge is 0.416 e. The zero-order valence-electron chi connectivity index (χ0n) is 23.9. The molecule has 0 fully saturated rings. The molecule has 224 valence electrons. The number of ether oxygens (including phenoxy) is 2. The van der Waals surface area contributed by atoms with Crippen LogP contribution in [0.3, 0.4) is 0 Å². The van der Waals surface area contributed by atoms with Gasteiger partial charge >= 0.3 is 6.18 Å². The van der Waals surface area contributed by atoms with Gasteiger partial charge < -0.3 is 14.4 Å². The van der Waals surface area contributed by atoms with Crippen LogP contribution in [-0.4, -0.2) is 35.8 Å². The highest BCUT2D eigenvalue weighted by atomic mass is 35.5. The third-order valence-electron chi connectivity index (χ3n) is 6.82. The summed E-state index contributed by atoms with van der Waals surface area (Å²) in [6.07, 6.45) is -4.57. The molecule has 0 aliphatic carbocycles. The second kappa shape index (κ2) is 13.3. The van der Waals surface area contributed by atoms with Crippen LogP contribution in [0.5, 0.6) is 11.5 Å². The average molecular weight is 610 g/mol. The average Bonchev–Trinajstić information content (AvgIpc) is 2.99. The van der Waals surface area contributed by atoms with Gasteiger partial charge in [0.15, 0.2) is 11.4 Å². The van der Waals surface area contributed by atoms with Crippen LogP contribution in [0.2, 0.25) is 5.02 Å². The summed E-state index contributed by atoms with van der Waals surface area (Å²) >= 11 is 5.91. The number of amides is 1. The van der Waals surface area contributed by atoms with E-state index in [-0.39, 0.29) is 17.4 Å². The minimum absolute atomic E-state index is 0.162. The number of likely N-dealkylation sites (N-methyl/N-ethyl adjacent to an activating group) is 1. The van der Waals surface area contributed by atoms with Crippen molar-refractivity contribution in [1.82, 2.24) is 4.90 Å². The van der Waals surface area contributed by atoms with E-state index >= 15 is 0 Å². The zero-order chi connectivity index (χ0) is 31.2. The molecule has 0 bridgehead atoms. The van der Waals surface area contributed by atoms with Crippen molar-refractivity contribution in [2.24, 2.45) is 0 Å². The Balaban J connectivity index is 1.39. The Hall–Kier alpha value is -4.30. The Morgan fingerprint density at radius 2 is 1.33 bits per heavy atom. The van der Waals surface area contributed by atoms with Crippen LogP contribution in [0.25, 0.3) is 0 Å². The Kier molecular flexibility index (Phi) is 9.81. The van der Waals surface area contributed by atoms with Crippen LogP contribution < -0.4 is 9.47 Å². The molecular weight excluding hydrogens is 579 g/mol. The van der Waals surface area contributed by atoms with Crippen molar-refractivity contribution in [3.63, 3.8) is 0 Å². The highest BCUT2D eigenvalue weighted by Gasteiger charge is 2.33. The van der Waals surface area contributed by atoms with Gasteiger partial charge in [-0.15, -0.1) is 0 Å². The number of hydrogen-bond acceptors (Lipinski definition) is 4. The predicted molar refractivity (Wildman–Crippen MR) is 160 cm³/mol. The summed E-state index contributed by atoms with van der Waals surface area (Å²) < 4.78 is 51.1. The van der Waals surface area contributed by atoms with Crippen LogP contribution in [0, 0.1) is 0 Å². The van der Waals surface area contributed by atoms with Gasteiger partial charge in [-0.2, -0.15) is 13.2 Å². The molecule has 0 heterocycles. The number of carbonyl (C=O) groups is 2. The Bertz CT molecular complexity index is 1520. The van der Waals surface area contributed by atoms with Gasteiger partial charge in [-0.1, -0.05) is 41.9 Å². The predicted octanol–water partition coefficient (Wildman–Crippen LogP) is 8.42. The maximum atomic E-state index is 13.4. The van der Waals surface area contributed by atoms with Gasteiger partial charge in [-0.05, 0) is 92.2 Å². The van der Waals surface area contributed by atoms with E-state index in [2.05, 4.69) is 0 Å². The summed E-state index contributed by atoms with van der Waals surface area (Å²) in [5, 5.41) is 0.541. The summed E-state index contributed by atoms with van der Waals surface area (Å²) in [5.74, 6) is 0.268.